The van der Waals surface area contributed by atoms with Crippen LogP contribution in [-0.4, -0.2) is 35.3 Å². The summed E-state index contributed by atoms with van der Waals surface area (Å²) in [6.45, 7) is 3.76. The summed E-state index contributed by atoms with van der Waals surface area (Å²) in [5.41, 5.74) is 7.26. The number of nitrogens with zero attached hydrogens (tertiary/aromatic N) is 5. The first-order valence-electron chi connectivity index (χ1n) is 8.09. The number of aliphatic hydroxyl groups is 1. The monoisotopic (exact) mass is 328 g/mol. The van der Waals surface area contributed by atoms with Gasteiger partial charge in [0.2, 0.25) is 5.89 Å². The quantitative estimate of drug-likeness (QED) is 0.740. The molecule has 1 saturated carbocycles. The molecular formula is C16H20N6O2. The Balaban J connectivity index is 1.81. The lowest BCUT2D eigenvalue weighted by Gasteiger charge is -2.32. The van der Waals surface area contributed by atoms with Gasteiger partial charge in [0.1, 0.15) is 12.0 Å². The predicted octanol–water partition coefficient (Wildman–Crippen LogP) is 2.08. The number of hydrogen-bond donors (Lipinski definition) is 2. The number of oxazole rings is 1. The number of nitrogen functional groups attached to an aromatic ring is 1. The van der Waals surface area contributed by atoms with Gasteiger partial charge < -0.3 is 15.3 Å². The predicted molar refractivity (Wildman–Crippen MR) is 87.3 cm³/mol. The Morgan fingerprint density at radius 2 is 2.25 bits per heavy atom. The van der Waals surface area contributed by atoms with Crippen LogP contribution >= 0.6 is 0 Å². The number of aryl methyl sites for hydroxylation is 1. The lowest BCUT2D eigenvalue weighted by atomic mass is 9.79. The minimum Gasteiger partial charge on any atom is -0.443 e. The number of aromatic nitrogens is 5. The van der Waals surface area contributed by atoms with Crippen LogP contribution in [-0.2, 0) is 0 Å². The van der Waals surface area contributed by atoms with Crippen molar-refractivity contribution in [3.05, 3.63) is 24.0 Å². The van der Waals surface area contributed by atoms with Gasteiger partial charge >= 0.3 is 0 Å². The number of hydrogen-bond acceptors (Lipinski definition) is 7. The van der Waals surface area contributed by atoms with Crippen LogP contribution in [0.5, 0.6) is 0 Å². The molecule has 3 heterocycles. The third kappa shape index (κ3) is 2.43. The zero-order valence-electron chi connectivity index (χ0n) is 13.7. The topological polar surface area (TPSA) is 115 Å². The first kappa shape index (κ1) is 15.1. The Morgan fingerprint density at radius 3 is 2.96 bits per heavy atom. The van der Waals surface area contributed by atoms with Gasteiger partial charge in [0.25, 0.3) is 0 Å². The minimum absolute atomic E-state index is 0.123. The van der Waals surface area contributed by atoms with Crippen molar-refractivity contribution in [1.29, 1.82) is 0 Å². The fraction of sp³-hybridized carbons (Fsp3) is 0.500. The molecule has 0 radical (unpaired) electrons. The summed E-state index contributed by atoms with van der Waals surface area (Å²) in [5, 5.41) is 15.0. The molecule has 3 aromatic heterocycles. The summed E-state index contributed by atoms with van der Waals surface area (Å²) in [4.78, 5) is 13.1. The molecule has 0 aliphatic heterocycles. The SMILES string of the molecule is Cc1c(-c2ncco2)nc(N)c2nc([C@H]3CCC[C@](C)(O)C3)nn12. The van der Waals surface area contributed by atoms with E-state index in [1.165, 1.54) is 6.26 Å². The van der Waals surface area contributed by atoms with Crippen LogP contribution in [0.2, 0.25) is 0 Å². The summed E-state index contributed by atoms with van der Waals surface area (Å²) in [6.07, 6.45) is 6.45. The smallest absolute Gasteiger partial charge is 0.246 e. The van der Waals surface area contributed by atoms with E-state index in [-0.39, 0.29) is 11.7 Å². The fourth-order valence-corrected chi connectivity index (χ4v) is 3.48. The highest BCUT2D eigenvalue weighted by atomic mass is 16.3. The molecule has 8 heteroatoms. The van der Waals surface area contributed by atoms with E-state index in [4.69, 9.17) is 10.2 Å². The summed E-state index contributed by atoms with van der Waals surface area (Å²) >= 11 is 0. The van der Waals surface area contributed by atoms with Gasteiger partial charge in [-0.25, -0.2) is 19.5 Å². The number of anilines is 1. The molecule has 3 N–H and O–H groups in total. The van der Waals surface area contributed by atoms with Crippen LogP contribution in [0.25, 0.3) is 17.2 Å². The third-order valence-corrected chi connectivity index (χ3v) is 4.70. The fourth-order valence-electron chi connectivity index (χ4n) is 3.48. The van der Waals surface area contributed by atoms with Crippen LogP contribution < -0.4 is 5.73 Å². The molecular weight excluding hydrogens is 308 g/mol. The third-order valence-electron chi connectivity index (χ3n) is 4.70. The first-order valence-corrected chi connectivity index (χ1v) is 8.09. The van der Waals surface area contributed by atoms with E-state index >= 15 is 0 Å². The van der Waals surface area contributed by atoms with Crippen molar-refractivity contribution in [3.8, 4) is 11.6 Å². The molecule has 1 fully saturated rings. The van der Waals surface area contributed by atoms with Crippen molar-refractivity contribution < 1.29 is 9.52 Å². The van der Waals surface area contributed by atoms with Crippen LogP contribution in [0.1, 0.15) is 50.0 Å². The molecule has 0 unspecified atom stereocenters. The van der Waals surface area contributed by atoms with Gasteiger partial charge in [-0.05, 0) is 39.5 Å². The van der Waals surface area contributed by atoms with E-state index in [0.717, 1.165) is 25.0 Å². The standard InChI is InChI=1S/C16H20N6O2/c1-9-11(15-18-6-7-24-15)19-12(17)14-20-13(21-22(9)14)10-4-3-5-16(2,23)8-10/h6-7,10,23H,3-5,8H2,1-2H3,(H2,17,19)/t10-,16-/m0/s1. The summed E-state index contributed by atoms with van der Waals surface area (Å²) < 4.78 is 7.03. The average Bonchev–Trinajstić information content (AvgIpc) is 3.19. The maximum absolute atomic E-state index is 10.3. The van der Waals surface area contributed by atoms with Crippen molar-refractivity contribution >= 4 is 11.5 Å². The highest BCUT2D eigenvalue weighted by Gasteiger charge is 2.33. The second kappa shape index (κ2) is 5.27. The van der Waals surface area contributed by atoms with E-state index < -0.39 is 5.60 Å². The van der Waals surface area contributed by atoms with Gasteiger partial charge in [-0.3, -0.25) is 0 Å². The average molecular weight is 328 g/mol. The second-order valence-electron chi connectivity index (χ2n) is 6.76. The second-order valence-corrected chi connectivity index (χ2v) is 6.76. The maximum atomic E-state index is 10.3. The van der Waals surface area contributed by atoms with Gasteiger partial charge in [0, 0.05) is 5.92 Å². The van der Waals surface area contributed by atoms with Crippen molar-refractivity contribution in [1.82, 2.24) is 24.6 Å². The Bertz CT molecular complexity index is 884. The molecule has 126 valence electrons. The molecule has 0 saturated heterocycles. The highest BCUT2D eigenvalue weighted by molar-refractivity contribution is 5.66. The highest BCUT2D eigenvalue weighted by Crippen LogP contribution is 2.37. The molecule has 0 aromatic carbocycles. The maximum Gasteiger partial charge on any atom is 0.246 e. The summed E-state index contributed by atoms with van der Waals surface area (Å²) in [6, 6.07) is 0. The van der Waals surface area contributed by atoms with E-state index in [1.807, 2.05) is 13.8 Å². The van der Waals surface area contributed by atoms with Crippen LogP contribution in [0, 0.1) is 6.92 Å². The first-order chi connectivity index (χ1) is 11.4. The van der Waals surface area contributed by atoms with Crippen molar-refractivity contribution in [2.45, 2.75) is 51.0 Å². The molecule has 0 bridgehead atoms. The molecule has 4 rings (SSSR count). The van der Waals surface area contributed by atoms with E-state index in [9.17, 15) is 5.11 Å². The van der Waals surface area contributed by atoms with Crippen LogP contribution in [0.15, 0.2) is 16.9 Å². The van der Waals surface area contributed by atoms with Gasteiger partial charge in [0.15, 0.2) is 17.3 Å². The molecule has 0 amide bonds. The van der Waals surface area contributed by atoms with Crippen LogP contribution in [0.4, 0.5) is 5.82 Å². The largest absolute Gasteiger partial charge is 0.443 e. The molecule has 1 aliphatic carbocycles. The summed E-state index contributed by atoms with van der Waals surface area (Å²) in [5.74, 6) is 1.52. The van der Waals surface area contributed by atoms with Crippen molar-refractivity contribution in [2.24, 2.45) is 0 Å². The lowest BCUT2D eigenvalue weighted by Crippen LogP contribution is -2.31. The van der Waals surface area contributed by atoms with Gasteiger partial charge in [-0.1, -0.05) is 0 Å². The number of nitrogens with two attached hydrogens (primary N) is 1. The Kier molecular flexibility index (Phi) is 3.31. The van der Waals surface area contributed by atoms with Crippen molar-refractivity contribution in [2.75, 3.05) is 5.73 Å². The van der Waals surface area contributed by atoms with Gasteiger partial charge in [-0.15, -0.1) is 0 Å². The number of rotatable bonds is 2. The lowest BCUT2D eigenvalue weighted by molar-refractivity contribution is 0.0134. The Morgan fingerprint density at radius 1 is 1.42 bits per heavy atom. The molecule has 24 heavy (non-hydrogen) atoms. The molecule has 8 nitrogen and oxygen atoms in total. The Labute approximate surface area is 138 Å². The van der Waals surface area contributed by atoms with E-state index in [2.05, 4.69) is 20.1 Å². The molecule has 1 aliphatic rings. The summed E-state index contributed by atoms with van der Waals surface area (Å²) in [7, 11) is 0. The van der Waals surface area contributed by atoms with Crippen LogP contribution in [0.3, 0.4) is 0 Å². The Hall–Kier alpha value is -2.48. The van der Waals surface area contributed by atoms with E-state index in [1.54, 1.807) is 10.7 Å². The molecule has 2 atom stereocenters. The normalized spacial score (nSPS) is 24.5. The minimum atomic E-state index is -0.664. The van der Waals surface area contributed by atoms with Gasteiger partial charge in [-0.2, -0.15) is 5.10 Å². The number of fused-ring (bicyclic) bond motifs is 1. The zero-order chi connectivity index (χ0) is 16.9. The molecule has 3 aromatic rings. The zero-order valence-corrected chi connectivity index (χ0v) is 13.7. The molecule has 0 spiro atoms. The van der Waals surface area contributed by atoms with Crippen molar-refractivity contribution in [3.63, 3.8) is 0 Å². The van der Waals surface area contributed by atoms with Gasteiger partial charge in [0.05, 0.1) is 17.5 Å². The van der Waals surface area contributed by atoms with E-state index in [0.29, 0.717) is 29.5 Å².